The number of benzene rings is 3. The first kappa shape index (κ1) is 37.5. The molecular formula is C33H43Cl2N5O5. The number of ether oxygens (including phenoxy) is 1. The minimum Gasteiger partial charge on any atom is -0.493 e. The molecule has 1 fully saturated rings. The molecule has 45 heavy (non-hydrogen) atoms. The molecule has 0 bridgehead atoms. The molecule has 0 radical (unpaired) electrons. The molecule has 0 spiro atoms. The first-order valence-electron chi connectivity index (χ1n) is 14.6. The molecule has 1 aliphatic heterocycles. The van der Waals surface area contributed by atoms with E-state index in [2.05, 4.69) is 4.90 Å². The number of ketones is 1. The number of nitrogens with zero attached hydrogens (tertiary/aromatic N) is 3. The van der Waals surface area contributed by atoms with Crippen molar-refractivity contribution in [2.24, 2.45) is 5.73 Å². The molecular weight excluding hydrogens is 617 g/mol. The molecule has 12 heteroatoms. The van der Waals surface area contributed by atoms with E-state index in [4.69, 9.17) is 21.0 Å². The van der Waals surface area contributed by atoms with Crippen molar-refractivity contribution in [3.63, 3.8) is 0 Å². The van der Waals surface area contributed by atoms with Gasteiger partial charge in [-0.1, -0.05) is 42.5 Å². The van der Waals surface area contributed by atoms with Crippen molar-refractivity contribution in [2.75, 3.05) is 65.8 Å². The zero-order valence-corrected chi connectivity index (χ0v) is 27.4. The number of nitrogens with two attached hydrogens (primary N) is 2. The predicted octanol–water partition coefficient (Wildman–Crippen LogP) is 4.30. The van der Waals surface area contributed by atoms with Crippen LogP contribution in [0.1, 0.15) is 45.5 Å². The molecule has 4 rings (SSSR count). The number of carbonyl (C=O) groups is 3. The lowest BCUT2D eigenvalue weighted by molar-refractivity contribution is -0.135. The molecule has 4 N–H and O–H groups in total. The van der Waals surface area contributed by atoms with Gasteiger partial charge in [0.2, 0.25) is 5.91 Å². The summed E-state index contributed by atoms with van der Waals surface area (Å²) < 4.78 is 5.82. The van der Waals surface area contributed by atoms with E-state index in [9.17, 15) is 14.4 Å². The van der Waals surface area contributed by atoms with Crippen molar-refractivity contribution in [3.05, 3.63) is 83.4 Å². The summed E-state index contributed by atoms with van der Waals surface area (Å²) in [5.41, 5.74) is 14.5. The normalized spacial score (nSPS) is 12.9. The molecule has 1 heterocycles. The van der Waals surface area contributed by atoms with Gasteiger partial charge in [0.1, 0.15) is 5.75 Å². The second-order valence-electron chi connectivity index (χ2n) is 10.6. The van der Waals surface area contributed by atoms with Gasteiger partial charge in [0, 0.05) is 50.8 Å². The van der Waals surface area contributed by atoms with Crippen LogP contribution in [0.2, 0.25) is 0 Å². The predicted molar refractivity (Wildman–Crippen MR) is 181 cm³/mol. The number of hydrogen-bond acceptors (Lipinski definition) is 8. The van der Waals surface area contributed by atoms with Gasteiger partial charge in [0.25, 0.3) is 5.91 Å². The second-order valence-corrected chi connectivity index (χ2v) is 10.6. The summed E-state index contributed by atoms with van der Waals surface area (Å²) >= 11 is 0. The van der Waals surface area contributed by atoms with Gasteiger partial charge < -0.3 is 26.0 Å². The Morgan fingerprint density at radius 1 is 0.822 bits per heavy atom. The number of rotatable bonds is 13. The Morgan fingerprint density at radius 3 is 2.16 bits per heavy atom. The van der Waals surface area contributed by atoms with Gasteiger partial charge in [-0.2, -0.15) is 0 Å². The zero-order chi connectivity index (χ0) is 30.8. The van der Waals surface area contributed by atoms with Crippen LogP contribution < -0.4 is 16.2 Å². The number of para-hydroxylation sites is 1. The van der Waals surface area contributed by atoms with Gasteiger partial charge in [0.05, 0.1) is 30.0 Å². The summed E-state index contributed by atoms with van der Waals surface area (Å²) in [6, 6.07) is 19.4. The van der Waals surface area contributed by atoms with Crippen molar-refractivity contribution < 1.29 is 24.0 Å². The first-order chi connectivity index (χ1) is 20.8. The van der Waals surface area contributed by atoms with E-state index in [1.54, 1.807) is 36.4 Å². The summed E-state index contributed by atoms with van der Waals surface area (Å²) in [6.45, 7) is 4.25. The highest BCUT2D eigenvalue weighted by Gasteiger charge is 2.25. The number of carbonyl (C=O) groups excluding carboxylic acids is 3. The summed E-state index contributed by atoms with van der Waals surface area (Å²) in [7, 11) is 3.58. The van der Waals surface area contributed by atoms with Crippen LogP contribution in [-0.2, 0) is 9.63 Å². The summed E-state index contributed by atoms with van der Waals surface area (Å²) in [5.74, 6) is -0.190. The fourth-order valence-corrected chi connectivity index (χ4v) is 4.97. The average molecular weight is 661 g/mol. The molecule has 2 amide bonds. The number of nitrogen functional groups attached to an aromatic ring is 1. The topological polar surface area (TPSA) is 131 Å². The lowest BCUT2D eigenvalue weighted by Gasteiger charge is -2.32. The molecule has 0 saturated carbocycles. The third-order valence-corrected chi connectivity index (χ3v) is 7.48. The Bertz CT molecular complexity index is 1420. The number of hydrogen-bond donors (Lipinski definition) is 2. The van der Waals surface area contributed by atoms with Crippen LogP contribution in [-0.4, -0.2) is 92.5 Å². The lowest BCUT2D eigenvalue weighted by atomic mass is 9.91. The van der Waals surface area contributed by atoms with Crippen molar-refractivity contribution in [1.82, 2.24) is 14.9 Å². The van der Waals surface area contributed by atoms with E-state index in [1.807, 2.05) is 42.3 Å². The molecule has 1 aliphatic rings. The molecule has 244 valence electrons. The van der Waals surface area contributed by atoms with E-state index in [1.165, 1.54) is 7.05 Å². The van der Waals surface area contributed by atoms with Crippen LogP contribution in [0.25, 0.3) is 11.1 Å². The fraction of sp³-hybridized carbons (Fsp3) is 0.364. The number of piperazine rings is 1. The van der Waals surface area contributed by atoms with Gasteiger partial charge in [-0.25, -0.2) is 5.06 Å². The van der Waals surface area contributed by atoms with Gasteiger partial charge >= 0.3 is 0 Å². The van der Waals surface area contributed by atoms with Crippen molar-refractivity contribution in [2.45, 2.75) is 19.3 Å². The highest BCUT2D eigenvalue weighted by molar-refractivity contribution is 6.17. The molecule has 1 saturated heterocycles. The van der Waals surface area contributed by atoms with Crippen LogP contribution >= 0.6 is 24.8 Å². The Labute approximate surface area is 277 Å². The van der Waals surface area contributed by atoms with Crippen LogP contribution in [0.15, 0.2) is 66.7 Å². The van der Waals surface area contributed by atoms with Crippen LogP contribution in [0.3, 0.4) is 0 Å². The third kappa shape index (κ3) is 9.66. The van der Waals surface area contributed by atoms with Crippen molar-refractivity contribution in [3.8, 4) is 16.9 Å². The molecule has 0 atom stereocenters. The van der Waals surface area contributed by atoms with Gasteiger partial charge in [-0.15, -0.1) is 24.8 Å². The third-order valence-electron chi connectivity index (χ3n) is 7.48. The van der Waals surface area contributed by atoms with Crippen LogP contribution in [0.5, 0.6) is 5.75 Å². The number of amides is 2. The van der Waals surface area contributed by atoms with E-state index < -0.39 is 5.91 Å². The first-order valence-corrected chi connectivity index (χ1v) is 14.6. The molecule has 10 nitrogen and oxygen atoms in total. The Morgan fingerprint density at radius 2 is 1.47 bits per heavy atom. The maximum atomic E-state index is 13.7. The largest absolute Gasteiger partial charge is 0.493 e. The molecule has 0 aliphatic carbocycles. The van der Waals surface area contributed by atoms with Crippen LogP contribution in [0, 0.1) is 0 Å². The highest BCUT2D eigenvalue weighted by atomic mass is 35.5. The summed E-state index contributed by atoms with van der Waals surface area (Å²) in [5, 5.41) is 1.16. The average Bonchev–Trinajstić information content (AvgIpc) is 3.03. The van der Waals surface area contributed by atoms with Gasteiger partial charge in [-0.3, -0.25) is 19.2 Å². The number of likely N-dealkylation sites (N-methyl/N-ethyl adjacent to an activating group) is 1. The molecule has 0 unspecified atom stereocenters. The van der Waals surface area contributed by atoms with Crippen molar-refractivity contribution >= 4 is 48.1 Å². The Kier molecular flexibility index (Phi) is 15.3. The van der Waals surface area contributed by atoms with Gasteiger partial charge in [-0.05, 0) is 56.3 Å². The smallest absolute Gasteiger partial charge is 0.277 e. The maximum absolute atomic E-state index is 13.7. The summed E-state index contributed by atoms with van der Waals surface area (Å²) in [6.07, 6.45) is 1.49. The van der Waals surface area contributed by atoms with E-state index in [0.29, 0.717) is 60.4 Å². The molecule has 3 aromatic carbocycles. The zero-order valence-electron chi connectivity index (χ0n) is 25.8. The molecule has 0 aromatic heterocycles. The maximum Gasteiger partial charge on any atom is 0.277 e. The quantitative estimate of drug-likeness (QED) is 0.120. The SMILES string of the molecule is CN1CCN(C(=O)CCCON(C)C(=O)c2ccc(C(=O)c3ccccc3OCCCN)c(N)c2-c2ccccc2)CC1.Cl.Cl. The number of halogens is 2. The summed E-state index contributed by atoms with van der Waals surface area (Å²) in [4.78, 5) is 49.7. The lowest BCUT2D eigenvalue weighted by Crippen LogP contribution is -2.47. The van der Waals surface area contributed by atoms with E-state index >= 15 is 0 Å². The van der Waals surface area contributed by atoms with E-state index in [-0.39, 0.29) is 54.4 Å². The molecule has 3 aromatic rings. The van der Waals surface area contributed by atoms with Crippen LogP contribution in [0.4, 0.5) is 5.69 Å². The Hall–Kier alpha value is -3.67. The minimum atomic E-state index is -0.416. The fourth-order valence-electron chi connectivity index (χ4n) is 4.97. The van der Waals surface area contributed by atoms with E-state index in [0.717, 1.165) is 31.2 Å². The standard InChI is InChI=1S/C33H41N5O5.2ClH/c1-36-18-20-38(21-19-36)29(39)14-8-23-43-37(2)33(41)26-15-16-27(31(35)30(26)24-10-4-3-5-11-24)32(40)25-12-6-7-13-28(25)42-22-9-17-34;;/h3-7,10-13,15-16H,8-9,14,17-23,34-35H2,1-2H3;2*1H. The number of hydroxylamine groups is 2. The van der Waals surface area contributed by atoms with Crippen molar-refractivity contribution in [1.29, 1.82) is 0 Å². The monoisotopic (exact) mass is 659 g/mol. The second kappa shape index (κ2) is 18.3. The Balaban J connectivity index is 0.00000353. The van der Waals surface area contributed by atoms with Gasteiger partial charge in [0.15, 0.2) is 5.78 Å². The minimum absolute atomic E-state index is 0. The highest BCUT2D eigenvalue weighted by Crippen LogP contribution is 2.35. The number of anilines is 1.